The Bertz CT molecular complexity index is 415. The van der Waals surface area contributed by atoms with E-state index in [4.69, 9.17) is 4.74 Å². The first-order valence-electron chi connectivity index (χ1n) is 6.70. The summed E-state index contributed by atoms with van der Waals surface area (Å²) >= 11 is 0. The molecule has 0 fully saturated rings. The molecule has 1 aromatic rings. The number of rotatable bonds is 5. The zero-order chi connectivity index (χ0) is 12.8. The smallest absolute Gasteiger partial charge is 0.140 e. The van der Waals surface area contributed by atoms with Crippen molar-refractivity contribution in [2.45, 2.75) is 26.7 Å². The van der Waals surface area contributed by atoms with Crippen molar-refractivity contribution in [3.63, 3.8) is 0 Å². The Hall–Kier alpha value is -1.35. The predicted molar refractivity (Wildman–Crippen MR) is 74.0 cm³/mol. The molecular formula is C15H22N2O. The topological polar surface area (TPSA) is 25.4 Å². The first-order valence-corrected chi connectivity index (χ1v) is 6.70. The SMILES string of the molecule is Cc1ccc(OCCCN2CC=CCC2)c(C)n1. The number of ether oxygens (including phenoxy) is 1. The summed E-state index contributed by atoms with van der Waals surface area (Å²) in [5.74, 6) is 0.916. The average molecular weight is 246 g/mol. The lowest BCUT2D eigenvalue weighted by molar-refractivity contribution is 0.245. The third-order valence-corrected chi connectivity index (χ3v) is 3.20. The minimum absolute atomic E-state index is 0.770. The Morgan fingerprint density at radius 3 is 2.89 bits per heavy atom. The Balaban J connectivity index is 1.70. The summed E-state index contributed by atoms with van der Waals surface area (Å²) in [6, 6.07) is 4.01. The molecule has 1 aromatic heterocycles. The molecule has 0 bridgehead atoms. The Morgan fingerprint density at radius 2 is 2.17 bits per heavy atom. The minimum atomic E-state index is 0.770. The van der Waals surface area contributed by atoms with Crippen molar-refractivity contribution < 1.29 is 4.74 Å². The lowest BCUT2D eigenvalue weighted by Gasteiger charge is -2.22. The van der Waals surface area contributed by atoms with E-state index in [0.717, 1.165) is 43.3 Å². The zero-order valence-electron chi connectivity index (χ0n) is 11.4. The Labute approximate surface area is 109 Å². The van der Waals surface area contributed by atoms with Crippen molar-refractivity contribution >= 4 is 0 Å². The predicted octanol–water partition coefficient (Wildman–Crippen LogP) is 2.73. The molecule has 1 aliphatic heterocycles. The third-order valence-electron chi connectivity index (χ3n) is 3.20. The minimum Gasteiger partial charge on any atom is -0.492 e. The molecule has 0 saturated heterocycles. The maximum Gasteiger partial charge on any atom is 0.140 e. The number of hydrogen-bond donors (Lipinski definition) is 0. The normalized spacial score (nSPS) is 15.9. The quantitative estimate of drug-likeness (QED) is 0.590. The second-order valence-corrected chi connectivity index (χ2v) is 4.80. The van der Waals surface area contributed by atoms with E-state index in [0.29, 0.717) is 0 Å². The van der Waals surface area contributed by atoms with E-state index in [1.165, 1.54) is 13.0 Å². The Morgan fingerprint density at radius 1 is 1.28 bits per heavy atom. The molecule has 3 nitrogen and oxygen atoms in total. The largest absolute Gasteiger partial charge is 0.492 e. The van der Waals surface area contributed by atoms with Crippen molar-refractivity contribution in [3.8, 4) is 5.75 Å². The number of hydrogen-bond acceptors (Lipinski definition) is 3. The van der Waals surface area contributed by atoms with Gasteiger partial charge in [0.2, 0.25) is 0 Å². The van der Waals surface area contributed by atoms with Crippen LogP contribution in [0.3, 0.4) is 0 Å². The van der Waals surface area contributed by atoms with Crippen LogP contribution in [-0.2, 0) is 0 Å². The lowest BCUT2D eigenvalue weighted by Crippen LogP contribution is -2.29. The summed E-state index contributed by atoms with van der Waals surface area (Å²) in [6.07, 6.45) is 6.76. The van der Waals surface area contributed by atoms with E-state index in [1.54, 1.807) is 0 Å². The summed E-state index contributed by atoms with van der Waals surface area (Å²) in [5.41, 5.74) is 2.02. The van der Waals surface area contributed by atoms with Gasteiger partial charge in [-0.3, -0.25) is 9.88 Å². The molecule has 0 unspecified atom stereocenters. The van der Waals surface area contributed by atoms with Gasteiger partial charge in [-0.1, -0.05) is 12.2 Å². The van der Waals surface area contributed by atoms with Gasteiger partial charge in [0.15, 0.2) is 0 Å². The van der Waals surface area contributed by atoms with E-state index < -0.39 is 0 Å². The molecule has 2 rings (SSSR count). The van der Waals surface area contributed by atoms with E-state index in [-0.39, 0.29) is 0 Å². The summed E-state index contributed by atoms with van der Waals surface area (Å²) in [4.78, 5) is 6.86. The standard InChI is InChI=1S/C15H22N2O/c1-13-7-8-15(14(2)16-13)18-12-6-11-17-9-4-3-5-10-17/h3-4,7-8H,5-6,9-12H2,1-2H3. The first kappa shape index (κ1) is 13.1. The van der Waals surface area contributed by atoms with Gasteiger partial charge < -0.3 is 4.74 Å². The Kier molecular flexibility index (Phi) is 4.76. The molecule has 2 heterocycles. The van der Waals surface area contributed by atoms with Gasteiger partial charge in [-0.2, -0.15) is 0 Å². The molecule has 0 atom stereocenters. The monoisotopic (exact) mass is 246 g/mol. The lowest BCUT2D eigenvalue weighted by atomic mass is 10.2. The maximum atomic E-state index is 5.78. The van der Waals surface area contributed by atoms with Gasteiger partial charge in [-0.25, -0.2) is 0 Å². The maximum absolute atomic E-state index is 5.78. The number of aryl methyl sites for hydroxylation is 2. The fraction of sp³-hybridized carbons (Fsp3) is 0.533. The second kappa shape index (κ2) is 6.55. The van der Waals surface area contributed by atoms with E-state index >= 15 is 0 Å². The summed E-state index contributed by atoms with van der Waals surface area (Å²) in [7, 11) is 0. The van der Waals surface area contributed by atoms with Gasteiger partial charge in [0.1, 0.15) is 5.75 Å². The van der Waals surface area contributed by atoms with Gasteiger partial charge >= 0.3 is 0 Å². The summed E-state index contributed by atoms with van der Waals surface area (Å²) in [6.45, 7) is 8.15. The van der Waals surface area contributed by atoms with Crippen LogP contribution in [-0.4, -0.2) is 36.1 Å². The molecule has 3 heteroatoms. The highest BCUT2D eigenvalue weighted by molar-refractivity contribution is 5.27. The number of pyridine rings is 1. The molecule has 0 aromatic carbocycles. The second-order valence-electron chi connectivity index (χ2n) is 4.80. The van der Waals surface area contributed by atoms with E-state index in [2.05, 4.69) is 22.0 Å². The van der Waals surface area contributed by atoms with Gasteiger partial charge in [0.05, 0.1) is 12.3 Å². The highest BCUT2D eigenvalue weighted by atomic mass is 16.5. The summed E-state index contributed by atoms with van der Waals surface area (Å²) in [5, 5.41) is 0. The molecular weight excluding hydrogens is 224 g/mol. The van der Waals surface area contributed by atoms with Gasteiger partial charge in [0, 0.05) is 25.3 Å². The van der Waals surface area contributed by atoms with Gasteiger partial charge in [0.25, 0.3) is 0 Å². The van der Waals surface area contributed by atoms with Crippen LogP contribution in [0.1, 0.15) is 24.2 Å². The van der Waals surface area contributed by atoms with Crippen LogP contribution in [0.4, 0.5) is 0 Å². The highest BCUT2D eigenvalue weighted by Crippen LogP contribution is 2.15. The number of nitrogens with zero attached hydrogens (tertiary/aromatic N) is 2. The van der Waals surface area contributed by atoms with Crippen LogP contribution in [0.5, 0.6) is 5.75 Å². The van der Waals surface area contributed by atoms with Gasteiger partial charge in [-0.15, -0.1) is 0 Å². The molecule has 1 aliphatic rings. The van der Waals surface area contributed by atoms with Crippen LogP contribution >= 0.6 is 0 Å². The van der Waals surface area contributed by atoms with Crippen LogP contribution in [0.2, 0.25) is 0 Å². The molecule has 0 aliphatic carbocycles. The molecule has 0 N–H and O–H groups in total. The fourth-order valence-electron chi connectivity index (χ4n) is 2.19. The molecule has 98 valence electrons. The fourth-order valence-corrected chi connectivity index (χ4v) is 2.19. The van der Waals surface area contributed by atoms with E-state index in [9.17, 15) is 0 Å². The molecule has 0 radical (unpaired) electrons. The molecule has 18 heavy (non-hydrogen) atoms. The zero-order valence-corrected chi connectivity index (χ0v) is 11.4. The first-order chi connectivity index (χ1) is 8.75. The van der Waals surface area contributed by atoms with Crippen LogP contribution in [0, 0.1) is 13.8 Å². The van der Waals surface area contributed by atoms with Gasteiger partial charge in [-0.05, 0) is 38.8 Å². The van der Waals surface area contributed by atoms with Crippen LogP contribution < -0.4 is 4.74 Å². The van der Waals surface area contributed by atoms with Crippen molar-refractivity contribution in [3.05, 3.63) is 35.7 Å². The van der Waals surface area contributed by atoms with Crippen molar-refractivity contribution in [2.24, 2.45) is 0 Å². The van der Waals surface area contributed by atoms with Crippen molar-refractivity contribution in [2.75, 3.05) is 26.2 Å². The third kappa shape index (κ3) is 3.84. The highest BCUT2D eigenvalue weighted by Gasteiger charge is 2.06. The van der Waals surface area contributed by atoms with Crippen molar-refractivity contribution in [1.29, 1.82) is 0 Å². The molecule has 0 amide bonds. The van der Waals surface area contributed by atoms with Crippen LogP contribution in [0.15, 0.2) is 24.3 Å². The molecule has 0 saturated carbocycles. The van der Waals surface area contributed by atoms with Crippen molar-refractivity contribution in [1.82, 2.24) is 9.88 Å². The van der Waals surface area contributed by atoms with E-state index in [1.807, 2.05) is 26.0 Å². The molecule has 0 spiro atoms. The van der Waals surface area contributed by atoms with Crippen LogP contribution in [0.25, 0.3) is 0 Å². The summed E-state index contributed by atoms with van der Waals surface area (Å²) < 4.78 is 5.78. The number of aromatic nitrogens is 1. The average Bonchev–Trinajstić information content (AvgIpc) is 2.38.